The summed E-state index contributed by atoms with van der Waals surface area (Å²) in [5.41, 5.74) is 3.55. The van der Waals surface area contributed by atoms with Crippen molar-refractivity contribution in [3.05, 3.63) is 101 Å². The maximum absolute atomic E-state index is 13.4. The Kier molecular flexibility index (Phi) is 7.90. The lowest BCUT2D eigenvalue weighted by Gasteiger charge is -2.11. The maximum Gasteiger partial charge on any atom is 0.341 e. The molecule has 0 N–H and O–H groups in total. The van der Waals surface area contributed by atoms with E-state index in [1.165, 1.54) is 23.5 Å². The monoisotopic (exact) mass is 489 g/mol. The van der Waals surface area contributed by atoms with Gasteiger partial charge >= 0.3 is 5.97 Å². The molecule has 4 rings (SSSR count). The van der Waals surface area contributed by atoms with Crippen molar-refractivity contribution < 1.29 is 23.4 Å². The highest BCUT2D eigenvalue weighted by Gasteiger charge is 2.21. The number of hydrogen-bond donors (Lipinski definition) is 0. The van der Waals surface area contributed by atoms with Gasteiger partial charge in [-0.1, -0.05) is 42.5 Å². The fraction of sp³-hybridized carbons (Fsp3) is 0.143. The number of carbonyl (C=O) groups excluding carboxylic acids is 1. The quantitative estimate of drug-likeness (QED) is 0.186. The molecular weight excluding hydrogens is 465 g/mol. The van der Waals surface area contributed by atoms with Gasteiger partial charge in [-0.3, -0.25) is 0 Å². The van der Waals surface area contributed by atoms with Gasteiger partial charge in [0.05, 0.1) is 13.7 Å². The molecule has 0 bridgehead atoms. The Morgan fingerprint density at radius 3 is 2.51 bits per heavy atom. The van der Waals surface area contributed by atoms with Crippen LogP contribution in [0.15, 0.2) is 83.2 Å². The molecule has 3 aromatic carbocycles. The van der Waals surface area contributed by atoms with E-state index in [9.17, 15) is 9.18 Å². The highest BCUT2D eigenvalue weighted by Crippen LogP contribution is 2.38. The molecule has 35 heavy (non-hydrogen) atoms. The van der Waals surface area contributed by atoms with Crippen LogP contribution in [0.3, 0.4) is 0 Å². The van der Waals surface area contributed by atoms with Crippen LogP contribution in [0.1, 0.15) is 28.4 Å². The molecule has 0 fully saturated rings. The van der Waals surface area contributed by atoms with E-state index in [0.29, 0.717) is 39.8 Å². The molecule has 0 saturated carbocycles. The molecule has 0 aliphatic heterocycles. The second kappa shape index (κ2) is 11.4. The number of rotatable bonds is 9. The molecule has 0 radical (unpaired) electrons. The van der Waals surface area contributed by atoms with Gasteiger partial charge < -0.3 is 14.2 Å². The van der Waals surface area contributed by atoms with E-state index in [4.69, 9.17) is 14.2 Å². The summed E-state index contributed by atoms with van der Waals surface area (Å²) >= 11 is 1.32. The fourth-order valence-corrected chi connectivity index (χ4v) is 4.35. The minimum Gasteiger partial charge on any atom is -0.493 e. The number of hydrogen-bond acceptors (Lipinski definition) is 6. The predicted molar refractivity (Wildman–Crippen MR) is 137 cm³/mol. The van der Waals surface area contributed by atoms with Crippen LogP contribution in [-0.2, 0) is 11.3 Å². The van der Waals surface area contributed by atoms with Crippen molar-refractivity contribution in [2.45, 2.75) is 13.5 Å². The van der Waals surface area contributed by atoms with Crippen molar-refractivity contribution in [3.8, 4) is 22.6 Å². The van der Waals surface area contributed by atoms with E-state index >= 15 is 0 Å². The highest BCUT2D eigenvalue weighted by atomic mass is 32.1. The minimum absolute atomic E-state index is 0.237. The third kappa shape index (κ3) is 5.94. The summed E-state index contributed by atoms with van der Waals surface area (Å²) in [7, 11) is 1.59. The summed E-state index contributed by atoms with van der Waals surface area (Å²) in [6.45, 7) is 2.39. The number of nitrogens with zero attached hydrogens (tertiary/aromatic N) is 1. The van der Waals surface area contributed by atoms with Crippen molar-refractivity contribution in [1.82, 2.24) is 0 Å². The highest BCUT2D eigenvalue weighted by molar-refractivity contribution is 7.14. The molecule has 1 heterocycles. The Bertz CT molecular complexity index is 1320. The fourth-order valence-electron chi connectivity index (χ4n) is 3.44. The molecule has 0 saturated heterocycles. The average molecular weight is 490 g/mol. The topological polar surface area (TPSA) is 57.1 Å². The molecule has 0 aliphatic rings. The Morgan fingerprint density at radius 2 is 1.80 bits per heavy atom. The molecule has 0 aliphatic carbocycles. The van der Waals surface area contributed by atoms with Crippen LogP contribution >= 0.6 is 11.3 Å². The second-order valence-electron chi connectivity index (χ2n) is 7.50. The molecule has 0 spiro atoms. The molecule has 0 atom stereocenters. The predicted octanol–water partition coefficient (Wildman–Crippen LogP) is 7.07. The Morgan fingerprint density at radius 1 is 1.03 bits per heavy atom. The minimum atomic E-state index is -0.471. The van der Waals surface area contributed by atoms with E-state index in [1.807, 2.05) is 53.9 Å². The second-order valence-corrected chi connectivity index (χ2v) is 8.36. The lowest BCUT2D eigenvalue weighted by Crippen LogP contribution is -2.05. The molecule has 5 nitrogen and oxygen atoms in total. The third-order valence-corrected chi connectivity index (χ3v) is 6.05. The molecule has 7 heteroatoms. The van der Waals surface area contributed by atoms with Crippen molar-refractivity contribution in [2.24, 2.45) is 4.99 Å². The number of methoxy groups -OCH3 is 1. The third-order valence-electron chi connectivity index (χ3n) is 5.16. The van der Waals surface area contributed by atoms with Gasteiger partial charge in [0, 0.05) is 17.2 Å². The van der Waals surface area contributed by atoms with Gasteiger partial charge in [-0.25, -0.2) is 14.2 Å². The van der Waals surface area contributed by atoms with Gasteiger partial charge in [0.25, 0.3) is 0 Å². The number of ether oxygens (including phenoxy) is 3. The summed E-state index contributed by atoms with van der Waals surface area (Å²) in [6, 6.07) is 21.3. The van der Waals surface area contributed by atoms with Crippen LogP contribution in [0, 0.1) is 5.82 Å². The zero-order valence-electron chi connectivity index (χ0n) is 19.4. The Labute approximate surface area is 207 Å². The zero-order chi connectivity index (χ0) is 24.6. The molecule has 0 amide bonds. The molecule has 0 unspecified atom stereocenters. The van der Waals surface area contributed by atoms with Crippen LogP contribution in [0.2, 0.25) is 0 Å². The van der Waals surface area contributed by atoms with E-state index in [2.05, 4.69) is 4.99 Å². The first-order valence-corrected chi connectivity index (χ1v) is 11.9. The first-order chi connectivity index (χ1) is 17.1. The number of halogens is 1. The number of thiophene rings is 1. The summed E-state index contributed by atoms with van der Waals surface area (Å²) in [6.07, 6.45) is 1.66. The van der Waals surface area contributed by atoms with E-state index < -0.39 is 5.97 Å². The van der Waals surface area contributed by atoms with Crippen LogP contribution in [-0.4, -0.2) is 25.9 Å². The van der Waals surface area contributed by atoms with Gasteiger partial charge in [-0.15, -0.1) is 11.3 Å². The first kappa shape index (κ1) is 24.2. The molecule has 178 valence electrons. The van der Waals surface area contributed by atoms with Crippen LogP contribution in [0.4, 0.5) is 9.39 Å². The Hall–Kier alpha value is -3.97. The van der Waals surface area contributed by atoms with Gasteiger partial charge in [0.15, 0.2) is 11.5 Å². The number of esters is 1. The molecular formula is C28H24FNO4S. The maximum atomic E-state index is 13.4. The van der Waals surface area contributed by atoms with Crippen molar-refractivity contribution in [1.29, 1.82) is 0 Å². The van der Waals surface area contributed by atoms with Crippen LogP contribution in [0.5, 0.6) is 11.5 Å². The number of carbonyl (C=O) groups is 1. The SMILES string of the molecule is CCOC(=O)c1c(-c2ccc(F)cc2)csc1N=Cc1ccc(OC)c(OCc2ccccc2)c1. The first-order valence-electron chi connectivity index (χ1n) is 11.0. The van der Waals surface area contributed by atoms with Crippen molar-refractivity contribution >= 4 is 28.5 Å². The van der Waals surface area contributed by atoms with E-state index in [0.717, 1.165) is 11.1 Å². The van der Waals surface area contributed by atoms with Crippen LogP contribution in [0.25, 0.3) is 11.1 Å². The summed E-state index contributed by atoms with van der Waals surface area (Å²) in [5.74, 6) is 0.385. The van der Waals surface area contributed by atoms with Gasteiger partial charge in [-0.2, -0.15) is 0 Å². The summed E-state index contributed by atoms with van der Waals surface area (Å²) in [4.78, 5) is 17.3. The standard InChI is InChI=1S/C28H24FNO4S/c1-3-33-28(31)26-23(21-10-12-22(29)13-11-21)18-35-27(26)30-16-20-9-14-24(32-2)25(15-20)34-17-19-7-5-4-6-8-19/h4-16,18H,3,17H2,1-2H3. The largest absolute Gasteiger partial charge is 0.493 e. The Balaban J connectivity index is 1.62. The number of aliphatic imine (C=N–C) groups is 1. The van der Waals surface area contributed by atoms with Crippen molar-refractivity contribution in [2.75, 3.05) is 13.7 Å². The number of benzene rings is 3. The smallest absolute Gasteiger partial charge is 0.341 e. The lowest BCUT2D eigenvalue weighted by atomic mass is 10.0. The lowest BCUT2D eigenvalue weighted by molar-refractivity contribution is 0.0529. The normalized spacial score (nSPS) is 10.9. The van der Waals surface area contributed by atoms with Gasteiger partial charge in [-0.05, 0) is 53.9 Å². The summed E-state index contributed by atoms with van der Waals surface area (Å²) in [5, 5.41) is 2.33. The average Bonchev–Trinajstić information content (AvgIpc) is 3.31. The summed E-state index contributed by atoms with van der Waals surface area (Å²) < 4.78 is 30.1. The van der Waals surface area contributed by atoms with E-state index in [-0.39, 0.29) is 12.4 Å². The van der Waals surface area contributed by atoms with Gasteiger partial charge in [0.1, 0.15) is 23.0 Å². The van der Waals surface area contributed by atoms with Gasteiger partial charge in [0.2, 0.25) is 0 Å². The molecule has 1 aromatic heterocycles. The van der Waals surface area contributed by atoms with Crippen LogP contribution < -0.4 is 9.47 Å². The van der Waals surface area contributed by atoms with Crippen molar-refractivity contribution in [3.63, 3.8) is 0 Å². The molecule has 4 aromatic rings. The zero-order valence-corrected chi connectivity index (χ0v) is 20.2. The van der Waals surface area contributed by atoms with E-state index in [1.54, 1.807) is 32.4 Å².